The van der Waals surface area contributed by atoms with E-state index in [2.05, 4.69) is 4.74 Å². The van der Waals surface area contributed by atoms with Crippen LogP contribution in [-0.4, -0.2) is 27.3 Å². The molecule has 2 N–H and O–H groups in total. The first kappa shape index (κ1) is 16.5. The molecule has 1 aromatic rings. The molecule has 0 fully saturated rings. The molecular formula is C12H18ClNO4. The molecule has 1 aromatic carbocycles. The van der Waals surface area contributed by atoms with Gasteiger partial charge in [-0.15, -0.1) is 12.4 Å². The number of halogens is 1. The van der Waals surface area contributed by atoms with Gasteiger partial charge in [0.05, 0.1) is 33.3 Å². The molecule has 0 saturated heterocycles. The minimum Gasteiger partial charge on any atom is -0.496 e. The first-order chi connectivity index (χ1) is 8.13. The molecule has 0 aromatic heterocycles. The van der Waals surface area contributed by atoms with Gasteiger partial charge in [0.2, 0.25) is 0 Å². The van der Waals surface area contributed by atoms with Gasteiger partial charge in [-0.2, -0.15) is 0 Å². The predicted octanol–water partition coefficient (Wildman–Crippen LogP) is 1.69. The Balaban J connectivity index is 0.00000289. The van der Waals surface area contributed by atoms with Gasteiger partial charge < -0.3 is 19.9 Å². The number of methoxy groups -OCH3 is 3. The summed E-state index contributed by atoms with van der Waals surface area (Å²) in [5.74, 6) is 0.826. The van der Waals surface area contributed by atoms with Crippen LogP contribution in [0.5, 0.6) is 11.5 Å². The number of carbonyl (C=O) groups excluding carboxylic acids is 1. The zero-order valence-electron chi connectivity index (χ0n) is 10.6. The second-order valence-electron chi connectivity index (χ2n) is 3.46. The van der Waals surface area contributed by atoms with Crippen molar-refractivity contribution in [1.82, 2.24) is 0 Å². The summed E-state index contributed by atoms with van der Waals surface area (Å²) in [5, 5.41) is 0. The standard InChI is InChI=1S/C12H17NO4.ClH/c1-15-9-5-4-6-10(16-2)12(9)8(13)7-11(14)17-3;/h4-6,8H,7,13H2,1-3H3;1H/t8-;/m1./s1. The van der Waals surface area contributed by atoms with E-state index in [0.29, 0.717) is 17.1 Å². The molecule has 1 rings (SSSR count). The Hall–Kier alpha value is -1.46. The molecule has 0 unspecified atom stereocenters. The van der Waals surface area contributed by atoms with E-state index in [4.69, 9.17) is 15.2 Å². The molecule has 102 valence electrons. The Morgan fingerprint density at radius 3 is 2.11 bits per heavy atom. The summed E-state index contributed by atoms with van der Waals surface area (Å²) >= 11 is 0. The Labute approximate surface area is 113 Å². The second-order valence-corrected chi connectivity index (χ2v) is 3.46. The van der Waals surface area contributed by atoms with Gasteiger partial charge in [0.25, 0.3) is 0 Å². The van der Waals surface area contributed by atoms with E-state index >= 15 is 0 Å². The van der Waals surface area contributed by atoms with Gasteiger partial charge >= 0.3 is 5.97 Å². The molecule has 0 aliphatic rings. The Bertz CT molecular complexity index is 375. The first-order valence-corrected chi connectivity index (χ1v) is 5.17. The summed E-state index contributed by atoms with van der Waals surface area (Å²) in [5.41, 5.74) is 6.63. The topological polar surface area (TPSA) is 70.8 Å². The van der Waals surface area contributed by atoms with Crippen LogP contribution in [0, 0.1) is 0 Å². The van der Waals surface area contributed by atoms with Crippen molar-refractivity contribution in [3.8, 4) is 11.5 Å². The molecule has 18 heavy (non-hydrogen) atoms. The van der Waals surface area contributed by atoms with Crippen molar-refractivity contribution in [3.63, 3.8) is 0 Å². The third-order valence-corrected chi connectivity index (χ3v) is 2.45. The van der Waals surface area contributed by atoms with E-state index in [-0.39, 0.29) is 24.8 Å². The Morgan fingerprint density at radius 2 is 1.72 bits per heavy atom. The summed E-state index contributed by atoms with van der Waals surface area (Å²) in [6, 6.07) is 4.82. The maximum Gasteiger partial charge on any atom is 0.307 e. The highest BCUT2D eigenvalue weighted by Crippen LogP contribution is 2.34. The van der Waals surface area contributed by atoms with Crippen LogP contribution in [0.1, 0.15) is 18.0 Å². The summed E-state index contributed by atoms with van der Waals surface area (Å²) in [6.07, 6.45) is 0.0766. The number of rotatable bonds is 5. The molecular weight excluding hydrogens is 258 g/mol. The molecule has 0 amide bonds. The Morgan fingerprint density at radius 1 is 1.22 bits per heavy atom. The molecule has 0 aliphatic heterocycles. The third-order valence-electron chi connectivity index (χ3n) is 2.45. The van der Waals surface area contributed by atoms with E-state index in [1.54, 1.807) is 32.4 Å². The largest absolute Gasteiger partial charge is 0.496 e. The molecule has 1 atom stereocenters. The molecule has 5 nitrogen and oxygen atoms in total. The van der Waals surface area contributed by atoms with Crippen molar-refractivity contribution in [1.29, 1.82) is 0 Å². The lowest BCUT2D eigenvalue weighted by atomic mass is 10.0. The number of ether oxygens (including phenoxy) is 3. The molecule has 0 bridgehead atoms. The van der Waals surface area contributed by atoms with E-state index in [9.17, 15) is 4.79 Å². The number of esters is 1. The normalized spacial score (nSPS) is 11.1. The van der Waals surface area contributed by atoms with Crippen LogP contribution in [0.2, 0.25) is 0 Å². The van der Waals surface area contributed by atoms with Gasteiger partial charge in [-0.3, -0.25) is 4.79 Å². The van der Waals surface area contributed by atoms with Crippen molar-refractivity contribution >= 4 is 18.4 Å². The van der Waals surface area contributed by atoms with E-state index in [1.807, 2.05) is 0 Å². The van der Waals surface area contributed by atoms with Gasteiger partial charge in [-0.05, 0) is 12.1 Å². The minimum atomic E-state index is -0.520. The smallest absolute Gasteiger partial charge is 0.307 e. The maximum absolute atomic E-state index is 11.2. The first-order valence-electron chi connectivity index (χ1n) is 5.17. The average Bonchev–Trinajstić information content (AvgIpc) is 2.37. The van der Waals surface area contributed by atoms with Gasteiger partial charge in [-0.1, -0.05) is 6.07 Å². The molecule has 6 heteroatoms. The zero-order chi connectivity index (χ0) is 12.8. The fraction of sp³-hybridized carbons (Fsp3) is 0.417. The summed E-state index contributed by atoms with van der Waals surface area (Å²) < 4.78 is 15.0. The molecule has 0 spiro atoms. The van der Waals surface area contributed by atoms with Crippen LogP contribution in [0.15, 0.2) is 18.2 Å². The monoisotopic (exact) mass is 275 g/mol. The van der Waals surface area contributed by atoms with E-state index in [1.165, 1.54) is 7.11 Å². The second kappa shape index (κ2) is 7.79. The van der Waals surface area contributed by atoms with E-state index in [0.717, 1.165) is 0 Å². The van der Waals surface area contributed by atoms with Gasteiger partial charge in [-0.25, -0.2) is 0 Å². The molecule has 0 radical (unpaired) electrons. The highest BCUT2D eigenvalue weighted by molar-refractivity contribution is 5.85. The lowest BCUT2D eigenvalue weighted by molar-refractivity contribution is -0.141. The van der Waals surface area contributed by atoms with Gasteiger partial charge in [0.15, 0.2) is 0 Å². The van der Waals surface area contributed by atoms with Crippen molar-refractivity contribution in [2.45, 2.75) is 12.5 Å². The lowest BCUT2D eigenvalue weighted by Crippen LogP contribution is -2.18. The van der Waals surface area contributed by atoms with Crippen molar-refractivity contribution < 1.29 is 19.0 Å². The zero-order valence-corrected chi connectivity index (χ0v) is 11.5. The van der Waals surface area contributed by atoms with Crippen molar-refractivity contribution in [3.05, 3.63) is 23.8 Å². The number of nitrogens with two attached hydrogens (primary N) is 1. The van der Waals surface area contributed by atoms with Crippen LogP contribution >= 0.6 is 12.4 Å². The summed E-state index contributed by atoms with van der Waals surface area (Å²) in [4.78, 5) is 11.2. The molecule has 0 saturated carbocycles. The van der Waals surface area contributed by atoms with Crippen LogP contribution in [0.4, 0.5) is 0 Å². The van der Waals surface area contributed by atoms with Crippen LogP contribution in [0.25, 0.3) is 0 Å². The highest BCUT2D eigenvalue weighted by Gasteiger charge is 2.20. The van der Waals surface area contributed by atoms with Crippen LogP contribution < -0.4 is 15.2 Å². The molecule has 0 aliphatic carbocycles. The minimum absolute atomic E-state index is 0. The van der Waals surface area contributed by atoms with Crippen LogP contribution in [0.3, 0.4) is 0 Å². The highest BCUT2D eigenvalue weighted by atomic mass is 35.5. The number of carbonyl (C=O) groups is 1. The average molecular weight is 276 g/mol. The van der Waals surface area contributed by atoms with E-state index < -0.39 is 6.04 Å². The van der Waals surface area contributed by atoms with Crippen molar-refractivity contribution in [2.75, 3.05) is 21.3 Å². The summed E-state index contributed by atoms with van der Waals surface area (Å²) in [6.45, 7) is 0. The number of benzene rings is 1. The molecule has 0 heterocycles. The van der Waals surface area contributed by atoms with Crippen LogP contribution in [-0.2, 0) is 9.53 Å². The SMILES string of the molecule is COC(=O)C[C@@H](N)c1c(OC)cccc1OC.Cl. The fourth-order valence-electron chi connectivity index (χ4n) is 1.61. The predicted molar refractivity (Wildman–Crippen MR) is 70.4 cm³/mol. The maximum atomic E-state index is 11.2. The quantitative estimate of drug-likeness (QED) is 0.828. The third kappa shape index (κ3) is 3.78. The lowest BCUT2D eigenvalue weighted by Gasteiger charge is -2.17. The Kier molecular flexibility index (Phi) is 7.16. The van der Waals surface area contributed by atoms with Crippen molar-refractivity contribution in [2.24, 2.45) is 5.73 Å². The fourth-order valence-corrected chi connectivity index (χ4v) is 1.61. The van der Waals surface area contributed by atoms with Gasteiger partial charge in [0, 0.05) is 6.04 Å². The summed E-state index contributed by atoms with van der Waals surface area (Å²) in [7, 11) is 4.42. The number of hydrogen-bond donors (Lipinski definition) is 1. The van der Waals surface area contributed by atoms with Gasteiger partial charge in [0.1, 0.15) is 11.5 Å². The number of hydrogen-bond acceptors (Lipinski definition) is 5.